The summed E-state index contributed by atoms with van der Waals surface area (Å²) in [5.74, 6) is -0.328. The van der Waals surface area contributed by atoms with Crippen molar-refractivity contribution in [3.05, 3.63) is 65.8 Å². The van der Waals surface area contributed by atoms with Crippen LogP contribution >= 0.6 is 0 Å². The molecule has 0 bridgehead atoms. The highest BCUT2D eigenvalue weighted by molar-refractivity contribution is 5.87. The number of hydrogen-bond donors (Lipinski definition) is 1. The van der Waals surface area contributed by atoms with Gasteiger partial charge in [0.05, 0.1) is 24.1 Å². The van der Waals surface area contributed by atoms with Crippen LogP contribution in [-0.2, 0) is 6.18 Å². The van der Waals surface area contributed by atoms with Crippen LogP contribution in [0, 0.1) is 5.82 Å². The van der Waals surface area contributed by atoms with Crippen molar-refractivity contribution < 1.29 is 22.3 Å². The molecule has 1 aliphatic heterocycles. The standard InChI is InChI=1S/C26H29F4N5O/c1-5-21(17-7-6-8-20(22(17)27)26(28,29)30)33-23-19-13-18(16-9-11-35(12-10-16)15(2)3)25(36-4)34-24(19)32-14-31-23/h5-8,13-16,21H,1,9-12H2,2-4H3,(H,31,32,33,34)/t21-/m1/s1. The lowest BCUT2D eigenvalue weighted by atomic mass is 9.89. The second-order valence-electron chi connectivity index (χ2n) is 9.15. The molecule has 1 saturated heterocycles. The van der Waals surface area contributed by atoms with Crippen LogP contribution in [0.2, 0.25) is 0 Å². The summed E-state index contributed by atoms with van der Waals surface area (Å²) in [5.41, 5.74) is -0.233. The molecule has 1 atom stereocenters. The van der Waals surface area contributed by atoms with Gasteiger partial charge in [-0.3, -0.25) is 0 Å². The van der Waals surface area contributed by atoms with Crippen LogP contribution in [0.3, 0.4) is 0 Å². The number of fused-ring (bicyclic) bond motifs is 1. The Morgan fingerprint density at radius 1 is 1.19 bits per heavy atom. The van der Waals surface area contributed by atoms with Crippen LogP contribution in [0.5, 0.6) is 5.88 Å². The van der Waals surface area contributed by atoms with Crippen LogP contribution in [0.25, 0.3) is 11.0 Å². The van der Waals surface area contributed by atoms with Gasteiger partial charge in [-0.15, -0.1) is 6.58 Å². The first kappa shape index (κ1) is 25.8. The summed E-state index contributed by atoms with van der Waals surface area (Å²) in [6, 6.07) is 4.60. The zero-order valence-corrected chi connectivity index (χ0v) is 20.4. The summed E-state index contributed by atoms with van der Waals surface area (Å²) < 4.78 is 60.2. The topological polar surface area (TPSA) is 63.2 Å². The number of hydrogen-bond acceptors (Lipinski definition) is 6. The molecule has 0 radical (unpaired) electrons. The largest absolute Gasteiger partial charge is 0.481 e. The molecule has 0 unspecified atom stereocenters. The van der Waals surface area contributed by atoms with Crippen LogP contribution in [0.1, 0.15) is 55.3 Å². The number of likely N-dealkylation sites (tertiary alicyclic amines) is 1. The molecule has 4 rings (SSSR count). The van der Waals surface area contributed by atoms with Gasteiger partial charge in [0.15, 0.2) is 5.65 Å². The van der Waals surface area contributed by atoms with Gasteiger partial charge in [0, 0.05) is 17.2 Å². The number of benzene rings is 1. The number of pyridine rings is 1. The van der Waals surface area contributed by atoms with Crippen molar-refractivity contribution >= 4 is 16.9 Å². The molecule has 1 aliphatic rings. The summed E-state index contributed by atoms with van der Waals surface area (Å²) in [6.45, 7) is 9.95. The molecule has 0 amide bonds. The van der Waals surface area contributed by atoms with Gasteiger partial charge in [0.2, 0.25) is 5.88 Å². The zero-order chi connectivity index (χ0) is 26.0. The average Bonchev–Trinajstić information content (AvgIpc) is 2.86. The lowest BCUT2D eigenvalue weighted by Crippen LogP contribution is -2.37. The number of nitrogens with zero attached hydrogens (tertiary/aromatic N) is 4. The Balaban J connectivity index is 1.71. The lowest BCUT2D eigenvalue weighted by molar-refractivity contribution is -0.140. The Morgan fingerprint density at radius 3 is 2.53 bits per heavy atom. The Bertz CT molecular complexity index is 1240. The van der Waals surface area contributed by atoms with Crippen molar-refractivity contribution in [2.75, 3.05) is 25.5 Å². The van der Waals surface area contributed by atoms with Gasteiger partial charge in [0.1, 0.15) is 18.0 Å². The monoisotopic (exact) mass is 503 g/mol. The van der Waals surface area contributed by atoms with E-state index in [-0.39, 0.29) is 11.5 Å². The lowest BCUT2D eigenvalue weighted by Gasteiger charge is -2.35. The molecular weight excluding hydrogens is 474 g/mol. The molecule has 1 N–H and O–H groups in total. The minimum absolute atomic E-state index is 0.186. The van der Waals surface area contributed by atoms with Crippen LogP contribution in [0.15, 0.2) is 43.2 Å². The molecule has 36 heavy (non-hydrogen) atoms. The van der Waals surface area contributed by atoms with Crippen LogP contribution in [0.4, 0.5) is 23.4 Å². The Morgan fingerprint density at radius 2 is 1.92 bits per heavy atom. The van der Waals surface area contributed by atoms with E-state index < -0.39 is 23.6 Å². The van der Waals surface area contributed by atoms with E-state index >= 15 is 0 Å². The van der Waals surface area contributed by atoms with E-state index in [9.17, 15) is 17.6 Å². The third-order valence-corrected chi connectivity index (χ3v) is 6.71. The first-order valence-corrected chi connectivity index (χ1v) is 11.8. The van der Waals surface area contributed by atoms with Gasteiger partial charge >= 0.3 is 6.18 Å². The molecule has 0 aliphatic carbocycles. The second kappa shape index (κ2) is 10.4. The second-order valence-corrected chi connectivity index (χ2v) is 9.15. The maximum absolute atomic E-state index is 14.8. The number of nitrogens with one attached hydrogen (secondary N) is 1. The number of aromatic nitrogens is 3. The maximum atomic E-state index is 14.8. The number of rotatable bonds is 7. The molecule has 3 aromatic rings. The predicted molar refractivity (Wildman–Crippen MR) is 131 cm³/mol. The Kier molecular flexibility index (Phi) is 7.44. The summed E-state index contributed by atoms with van der Waals surface area (Å²) >= 11 is 0. The quantitative estimate of drug-likeness (QED) is 0.310. The van der Waals surface area contributed by atoms with Gasteiger partial charge < -0.3 is 15.0 Å². The average molecular weight is 504 g/mol. The predicted octanol–water partition coefficient (Wildman–Crippen LogP) is 6.12. The molecule has 6 nitrogen and oxygen atoms in total. The van der Waals surface area contributed by atoms with Crippen molar-refractivity contribution in [3.63, 3.8) is 0 Å². The third kappa shape index (κ3) is 5.13. The first-order valence-electron chi connectivity index (χ1n) is 11.8. The summed E-state index contributed by atoms with van der Waals surface area (Å²) in [6.07, 6.45) is -0.313. The van der Waals surface area contributed by atoms with Crippen molar-refractivity contribution in [1.82, 2.24) is 19.9 Å². The highest BCUT2D eigenvalue weighted by Crippen LogP contribution is 2.38. The fourth-order valence-corrected chi connectivity index (χ4v) is 4.70. The van der Waals surface area contributed by atoms with E-state index in [1.165, 1.54) is 24.5 Å². The fourth-order valence-electron chi connectivity index (χ4n) is 4.70. The van der Waals surface area contributed by atoms with E-state index in [0.717, 1.165) is 31.5 Å². The van der Waals surface area contributed by atoms with E-state index in [2.05, 4.69) is 45.6 Å². The van der Waals surface area contributed by atoms with E-state index in [4.69, 9.17) is 4.74 Å². The van der Waals surface area contributed by atoms with E-state index in [0.29, 0.717) is 34.8 Å². The van der Waals surface area contributed by atoms with Gasteiger partial charge in [-0.2, -0.15) is 18.2 Å². The molecule has 3 heterocycles. The van der Waals surface area contributed by atoms with Gasteiger partial charge in [-0.1, -0.05) is 18.2 Å². The van der Waals surface area contributed by atoms with Crippen molar-refractivity contribution in [2.45, 2.75) is 50.9 Å². The number of alkyl halides is 3. The smallest absolute Gasteiger partial charge is 0.419 e. The number of piperidine rings is 1. The summed E-state index contributed by atoms with van der Waals surface area (Å²) in [5, 5.41) is 3.60. The van der Waals surface area contributed by atoms with Crippen molar-refractivity contribution in [2.24, 2.45) is 0 Å². The molecule has 2 aromatic heterocycles. The van der Waals surface area contributed by atoms with Crippen molar-refractivity contribution in [1.29, 1.82) is 0 Å². The highest BCUT2D eigenvalue weighted by Gasteiger charge is 2.35. The van der Waals surface area contributed by atoms with E-state index in [1.54, 1.807) is 7.11 Å². The molecular formula is C26H29F4N5O. The zero-order valence-electron chi connectivity index (χ0n) is 20.4. The normalized spacial score (nSPS) is 16.3. The molecule has 0 spiro atoms. The van der Waals surface area contributed by atoms with Gasteiger partial charge in [-0.25, -0.2) is 14.4 Å². The first-order chi connectivity index (χ1) is 17.1. The number of anilines is 1. The molecule has 10 heteroatoms. The molecule has 0 saturated carbocycles. The van der Waals surface area contributed by atoms with Gasteiger partial charge in [0.25, 0.3) is 0 Å². The maximum Gasteiger partial charge on any atom is 0.419 e. The summed E-state index contributed by atoms with van der Waals surface area (Å²) in [7, 11) is 1.56. The summed E-state index contributed by atoms with van der Waals surface area (Å²) in [4.78, 5) is 15.5. The van der Waals surface area contributed by atoms with Gasteiger partial charge in [-0.05, 0) is 57.8 Å². The fraction of sp³-hybridized carbons (Fsp3) is 0.423. The van der Waals surface area contributed by atoms with Crippen LogP contribution < -0.4 is 10.1 Å². The highest BCUT2D eigenvalue weighted by atomic mass is 19.4. The number of halogens is 4. The third-order valence-electron chi connectivity index (χ3n) is 6.71. The molecule has 1 aromatic carbocycles. The Labute approximate surface area is 207 Å². The molecule has 192 valence electrons. The van der Waals surface area contributed by atoms with Crippen LogP contribution in [-0.4, -0.2) is 46.1 Å². The minimum Gasteiger partial charge on any atom is -0.481 e. The number of methoxy groups -OCH3 is 1. The molecule has 1 fully saturated rings. The number of ether oxygens (including phenoxy) is 1. The van der Waals surface area contributed by atoms with E-state index in [1.807, 2.05) is 6.07 Å². The minimum atomic E-state index is -4.81. The Hall–Kier alpha value is -3.27. The SMILES string of the molecule is C=C[C@@H](Nc1ncnc2nc(OC)c(C3CCN(C(C)C)CC3)cc12)c1cccc(C(F)(F)F)c1F. The van der Waals surface area contributed by atoms with Crippen molar-refractivity contribution in [3.8, 4) is 5.88 Å².